The minimum atomic E-state index is 0.215. The fourth-order valence-corrected chi connectivity index (χ4v) is 2.95. The molecule has 0 spiro atoms. The molecule has 4 nitrogen and oxygen atoms in total. The topological polar surface area (TPSA) is 55.9 Å². The number of nitrogens with zero attached hydrogens (tertiary/aromatic N) is 2. The number of nitrogens with two attached hydrogens (primary N) is 1. The summed E-state index contributed by atoms with van der Waals surface area (Å²) in [5.74, 6) is 5.76. The van der Waals surface area contributed by atoms with E-state index in [0.29, 0.717) is 0 Å². The molecule has 0 aliphatic heterocycles. The summed E-state index contributed by atoms with van der Waals surface area (Å²) in [5, 5.41) is 4.50. The van der Waals surface area contributed by atoms with E-state index in [1.165, 1.54) is 22.4 Å². The lowest BCUT2D eigenvalue weighted by molar-refractivity contribution is 0.496. The van der Waals surface area contributed by atoms with Gasteiger partial charge in [0, 0.05) is 24.7 Å². The fourth-order valence-electron chi connectivity index (χ4n) is 2.95. The number of hydrogen-bond acceptors (Lipinski definition) is 3. The molecule has 0 bridgehead atoms. The SMILES string of the molecule is CCn1nc(C)cc1CC(Cc1cc(C)cc(C)c1)NN. The summed E-state index contributed by atoms with van der Waals surface area (Å²) < 4.78 is 2.06. The zero-order chi connectivity index (χ0) is 15.4. The lowest BCUT2D eigenvalue weighted by Crippen LogP contribution is -2.39. The van der Waals surface area contributed by atoms with Gasteiger partial charge in [-0.1, -0.05) is 29.3 Å². The van der Waals surface area contributed by atoms with Gasteiger partial charge in [-0.25, -0.2) is 0 Å². The molecule has 1 aromatic carbocycles. The number of nitrogens with one attached hydrogen (secondary N) is 1. The highest BCUT2D eigenvalue weighted by Gasteiger charge is 2.13. The van der Waals surface area contributed by atoms with Gasteiger partial charge >= 0.3 is 0 Å². The fraction of sp³-hybridized carbons (Fsp3) is 0.471. The van der Waals surface area contributed by atoms with Crippen LogP contribution in [0.5, 0.6) is 0 Å². The number of hydrazine groups is 1. The van der Waals surface area contributed by atoms with E-state index in [-0.39, 0.29) is 6.04 Å². The average molecular weight is 286 g/mol. The van der Waals surface area contributed by atoms with Crippen LogP contribution in [-0.2, 0) is 19.4 Å². The second kappa shape index (κ2) is 6.87. The Kier molecular flexibility index (Phi) is 5.15. The first-order chi connectivity index (χ1) is 10.0. The molecule has 114 valence electrons. The largest absolute Gasteiger partial charge is 0.271 e. The first kappa shape index (κ1) is 15.7. The molecule has 0 saturated heterocycles. The van der Waals surface area contributed by atoms with Crippen molar-refractivity contribution in [3.63, 3.8) is 0 Å². The van der Waals surface area contributed by atoms with Crippen molar-refractivity contribution >= 4 is 0 Å². The van der Waals surface area contributed by atoms with Crippen LogP contribution in [0.15, 0.2) is 24.3 Å². The molecular formula is C17H26N4. The van der Waals surface area contributed by atoms with Crippen LogP contribution in [0, 0.1) is 20.8 Å². The number of aromatic nitrogens is 2. The number of benzene rings is 1. The molecule has 0 saturated carbocycles. The first-order valence-electron chi connectivity index (χ1n) is 7.58. The summed E-state index contributed by atoms with van der Waals surface area (Å²) in [7, 11) is 0. The lowest BCUT2D eigenvalue weighted by Gasteiger charge is -2.17. The molecular weight excluding hydrogens is 260 g/mol. The molecule has 0 aliphatic carbocycles. The smallest absolute Gasteiger partial charge is 0.0596 e. The maximum Gasteiger partial charge on any atom is 0.0596 e. The van der Waals surface area contributed by atoms with E-state index in [1.807, 2.05) is 6.92 Å². The second-order valence-corrected chi connectivity index (χ2v) is 5.86. The monoisotopic (exact) mass is 286 g/mol. The summed E-state index contributed by atoms with van der Waals surface area (Å²) >= 11 is 0. The summed E-state index contributed by atoms with van der Waals surface area (Å²) in [6.45, 7) is 9.31. The van der Waals surface area contributed by atoms with Gasteiger partial charge in [0.15, 0.2) is 0 Å². The Morgan fingerprint density at radius 3 is 2.33 bits per heavy atom. The van der Waals surface area contributed by atoms with Crippen molar-refractivity contribution in [2.45, 2.75) is 53.1 Å². The van der Waals surface area contributed by atoms with Gasteiger partial charge in [0.25, 0.3) is 0 Å². The van der Waals surface area contributed by atoms with E-state index < -0.39 is 0 Å². The molecule has 2 aromatic rings. The van der Waals surface area contributed by atoms with Crippen molar-refractivity contribution < 1.29 is 0 Å². The van der Waals surface area contributed by atoms with Gasteiger partial charge in [-0.15, -0.1) is 0 Å². The van der Waals surface area contributed by atoms with Gasteiger partial charge in [-0.3, -0.25) is 16.0 Å². The highest BCUT2D eigenvalue weighted by Crippen LogP contribution is 2.14. The van der Waals surface area contributed by atoms with Gasteiger partial charge in [0.1, 0.15) is 0 Å². The molecule has 0 aliphatic rings. The summed E-state index contributed by atoms with van der Waals surface area (Å²) in [6, 6.07) is 9.03. The molecule has 0 fully saturated rings. The van der Waals surface area contributed by atoms with Crippen molar-refractivity contribution in [2.24, 2.45) is 5.84 Å². The Bertz CT molecular complexity index is 581. The second-order valence-electron chi connectivity index (χ2n) is 5.86. The standard InChI is InChI=1S/C17H26N4/c1-5-21-17(9-14(4)20-21)11-16(19-18)10-15-7-12(2)6-13(3)8-15/h6-9,16,19H,5,10-11,18H2,1-4H3. The predicted octanol–water partition coefficient (Wildman–Crippen LogP) is 2.45. The normalized spacial score (nSPS) is 12.6. The third kappa shape index (κ3) is 4.16. The molecule has 0 amide bonds. The van der Waals surface area contributed by atoms with Gasteiger partial charge in [0.05, 0.1) is 5.69 Å². The Labute approximate surface area is 127 Å². The van der Waals surface area contributed by atoms with Crippen molar-refractivity contribution in [2.75, 3.05) is 0 Å². The van der Waals surface area contributed by atoms with Gasteiger partial charge < -0.3 is 0 Å². The average Bonchev–Trinajstić information content (AvgIpc) is 2.76. The van der Waals surface area contributed by atoms with Crippen LogP contribution in [-0.4, -0.2) is 15.8 Å². The quantitative estimate of drug-likeness (QED) is 0.633. The molecule has 1 heterocycles. The maximum absolute atomic E-state index is 5.76. The van der Waals surface area contributed by atoms with E-state index in [4.69, 9.17) is 5.84 Å². The molecule has 4 heteroatoms. The van der Waals surface area contributed by atoms with Crippen LogP contribution >= 0.6 is 0 Å². The molecule has 0 radical (unpaired) electrons. The lowest BCUT2D eigenvalue weighted by atomic mass is 9.99. The van der Waals surface area contributed by atoms with Gasteiger partial charge in [0.2, 0.25) is 0 Å². The Hall–Kier alpha value is -1.65. The van der Waals surface area contributed by atoms with Crippen LogP contribution in [0.4, 0.5) is 0 Å². The predicted molar refractivity (Wildman–Crippen MR) is 87.1 cm³/mol. The minimum absolute atomic E-state index is 0.215. The van der Waals surface area contributed by atoms with Crippen molar-refractivity contribution in [1.29, 1.82) is 0 Å². The molecule has 2 rings (SSSR count). The van der Waals surface area contributed by atoms with Crippen LogP contribution in [0.3, 0.4) is 0 Å². The van der Waals surface area contributed by atoms with Crippen LogP contribution in [0.2, 0.25) is 0 Å². The third-order valence-electron chi connectivity index (χ3n) is 3.74. The van der Waals surface area contributed by atoms with Gasteiger partial charge in [-0.05, 0) is 45.7 Å². The van der Waals surface area contributed by atoms with Crippen molar-refractivity contribution in [1.82, 2.24) is 15.2 Å². The zero-order valence-electron chi connectivity index (χ0n) is 13.5. The van der Waals surface area contributed by atoms with Gasteiger partial charge in [-0.2, -0.15) is 5.10 Å². The zero-order valence-corrected chi connectivity index (χ0v) is 13.5. The van der Waals surface area contributed by atoms with Crippen LogP contribution < -0.4 is 11.3 Å². The van der Waals surface area contributed by atoms with Crippen molar-refractivity contribution in [3.8, 4) is 0 Å². The third-order valence-corrected chi connectivity index (χ3v) is 3.74. The molecule has 1 aromatic heterocycles. The molecule has 1 atom stereocenters. The minimum Gasteiger partial charge on any atom is -0.271 e. The summed E-state index contributed by atoms with van der Waals surface area (Å²) in [6.07, 6.45) is 1.81. The number of rotatable bonds is 6. The first-order valence-corrected chi connectivity index (χ1v) is 7.58. The Morgan fingerprint density at radius 2 is 1.76 bits per heavy atom. The summed E-state index contributed by atoms with van der Waals surface area (Å²) in [4.78, 5) is 0. The van der Waals surface area contributed by atoms with Crippen LogP contribution in [0.1, 0.15) is 35.0 Å². The Morgan fingerprint density at radius 1 is 1.10 bits per heavy atom. The van der Waals surface area contributed by atoms with E-state index in [1.54, 1.807) is 0 Å². The summed E-state index contributed by atoms with van der Waals surface area (Å²) in [5.41, 5.74) is 9.19. The van der Waals surface area contributed by atoms with Crippen LogP contribution in [0.25, 0.3) is 0 Å². The van der Waals surface area contributed by atoms with E-state index in [2.05, 4.69) is 60.2 Å². The van der Waals surface area contributed by atoms with E-state index in [0.717, 1.165) is 25.1 Å². The highest BCUT2D eigenvalue weighted by atomic mass is 15.3. The maximum atomic E-state index is 5.76. The molecule has 3 N–H and O–H groups in total. The van der Waals surface area contributed by atoms with E-state index >= 15 is 0 Å². The Balaban J connectivity index is 2.12. The number of hydrogen-bond donors (Lipinski definition) is 2. The van der Waals surface area contributed by atoms with Crippen molar-refractivity contribution in [3.05, 3.63) is 52.3 Å². The highest BCUT2D eigenvalue weighted by molar-refractivity contribution is 5.29. The van der Waals surface area contributed by atoms with E-state index in [9.17, 15) is 0 Å². The number of aryl methyl sites for hydroxylation is 4. The molecule has 21 heavy (non-hydrogen) atoms. The molecule has 1 unspecified atom stereocenters.